The minimum Gasteiger partial charge on any atom is -0.497 e. The highest BCUT2D eigenvalue weighted by molar-refractivity contribution is 8.02. The first-order chi connectivity index (χ1) is 18.4. The highest BCUT2D eigenvalue weighted by atomic mass is 32.2. The van der Waals surface area contributed by atoms with Gasteiger partial charge in [-0.2, -0.15) is 0 Å². The van der Waals surface area contributed by atoms with Gasteiger partial charge in [0, 0.05) is 30.6 Å². The Labute approximate surface area is 229 Å². The number of ether oxygens (including phenoxy) is 2. The molecule has 0 aliphatic carbocycles. The van der Waals surface area contributed by atoms with Crippen LogP contribution in [0.3, 0.4) is 0 Å². The van der Waals surface area contributed by atoms with Crippen LogP contribution in [0.5, 0.6) is 5.75 Å². The summed E-state index contributed by atoms with van der Waals surface area (Å²) in [6, 6.07) is 6.53. The SMILES string of the molecule is C=CCCCOC(=O)[C@@H]1[C@@H]2CCC3(S2)C(C(=O)N(CC=C)c2ccc(OC)cc2)N(CCCCO)C(=O)[C@H]13. The van der Waals surface area contributed by atoms with Gasteiger partial charge in [-0.15, -0.1) is 24.9 Å². The van der Waals surface area contributed by atoms with E-state index in [9.17, 15) is 19.5 Å². The van der Waals surface area contributed by atoms with E-state index in [0.717, 1.165) is 12.8 Å². The van der Waals surface area contributed by atoms with Crippen LogP contribution in [0, 0.1) is 11.8 Å². The maximum atomic E-state index is 14.4. The number of carbonyl (C=O) groups is 3. The number of esters is 1. The molecule has 1 aromatic carbocycles. The zero-order valence-corrected chi connectivity index (χ0v) is 22.9. The Bertz CT molecular complexity index is 1050. The van der Waals surface area contributed by atoms with Gasteiger partial charge in [-0.25, -0.2) is 0 Å². The summed E-state index contributed by atoms with van der Waals surface area (Å²) in [6.45, 7) is 8.49. The number of rotatable bonds is 14. The molecule has 0 radical (unpaired) electrons. The van der Waals surface area contributed by atoms with Crippen molar-refractivity contribution in [2.75, 3.05) is 38.3 Å². The van der Waals surface area contributed by atoms with Gasteiger partial charge < -0.3 is 24.4 Å². The molecule has 0 saturated carbocycles. The van der Waals surface area contributed by atoms with Gasteiger partial charge in [-0.05, 0) is 62.8 Å². The summed E-state index contributed by atoms with van der Waals surface area (Å²) in [5.74, 6) is -1.15. The van der Waals surface area contributed by atoms with E-state index in [-0.39, 0.29) is 36.2 Å². The number of hydrogen-bond donors (Lipinski definition) is 1. The molecule has 3 fully saturated rings. The molecule has 5 atom stereocenters. The number of benzene rings is 1. The van der Waals surface area contributed by atoms with Crippen LogP contribution in [0.2, 0.25) is 0 Å². The Morgan fingerprint density at radius 3 is 2.63 bits per heavy atom. The van der Waals surface area contributed by atoms with Crippen molar-refractivity contribution >= 4 is 35.2 Å². The van der Waals surface area contributed by atoms with Gasteiger partial charge in [0.2, 0.25) is 5.91 Å². The van der Waals surface area contributed by atoms with Crippen molar-refractivity contribution in [3.05, 3.63) is 49.6 Å². The zero-order chi connectivity index (χ0) is 27.3. The Morgan fingerprint density at radius 2 is 1.97 bits per heavy atom. The molecule has 3 saturated heterocycles. The van der Waals surface area contributed by atoms with E-state index in [1.807, 2.05) is 12.1 Å². The lowest BCUT2D eigenvalue weighted by atomic mass is 9.71. The van der Waals surface area contributed by atoms with Crippen LogP contribution in [0.15, 0.2) is 49.6 Å². The van der Waals surface area contributed by atoms with Crippen LogP contribution >= 0.6 is 11.8 Å². The number of aliphatic hydroxyl groups is 1. The molecule has 3 heterocycles. The molecule has 4 rings (SSSR count). The fourth-order valence-corrected chi connectivity index (χ4v) is 8.39. The average molecular weight is 543 g/mol. The highest BCUT2D eigenvalue weighted by Gasteiger charge is 2.74. The maximum absolute atomic E-state index is 14.4. The van der Waals surface area contributed by atoms with Crippen molar-refractivity contribution in [1.82, 2.24) is 4.90 Å². The third kappa shape index (κ3) is 5.10. The Balaban J connectivity index is 1.67. The largest absolute Gasteiger partial charge is 0.497 e. The zero-order valence-electron chi connectivity index (χ0n) is 22.0. The summed E-state index contributed by atoms with van der Waals surface area (Å²) >= 11 is 1.63. The quantitative estimate of drug-likeness (QED) is 0.218. The molecule has 3 aliphatic heterocycles. The Morgan fingerprint density at radius 1 is 1.21 bits per heavy atom. The number of likely N-dealkylation sites (tertiary alicyclic amines) is 1. The normalized spacial score (nSPS) is 27.2. The van der Waals surface area contributed by atoms with E-state index in [1.165, 1.54) is 0 Å². The van der Waals surface area contributed by atoms with Crippen LogP contribution in [0.1, 0.15) is 38.5 Å². The standard InChI is InChI=1S/C29H38N2O6S/c1-4-6-9-19-37-28(35)23-22-14-15-29(38-22)24(23)26(33)31(17-7-8-18-32)25(29)27(34)30(16-5-2)20-10-12-21(36-3)13-11-20/h4-5,10-13,22-25,32H,1-2,6-9,14-19H2,3H3/t22-,23+,24-,25?,29?/m0/s1. The van der Waals surface area contributed by atoms with E-state index in [2.05, 4.69) is 13.2 Å². The van der Waals surface area contributed by atoms with Crippen molar-refractivity contribution in [2.45, 2.75) is 54.6 Å². The number of thioether (sulfide) groups is 1. The first-order valence-corrected chi connectivity index (χ1v) is 14.2. The van der Waals surface area contributed by atoms with Gasteiger partial charge in [-0.3, -0.25) is 14.4 Å². The number of anilines is 1. The Kier molecular flexibility index (Phi) is 9.20. The lowest BCUT2D eigenvalue weighted by molar-refractivity contribution is -0.154. The molecule has 1 spiro atoms. The molecule has 8 nitrogen and oxygen atoms in total. The van der Waals surface area contributed by atoms with Gasteiger partial charge in [0.25, 0.3) is 5.91 Å². The van der Waals surface area contributed by atoms with Crippen molar-refractivity contribution in [2.24, 2.45) is 11.8 Å². The fourth-order valence-electron chi connectivity index (χ4n) is 6.19. The van der Waals surface area contributed by atoms with E-state index in [4.69, 9.17) is 9.47 Å². The van der Waals surface area contributed by atoms with Gasteiger partial charge in [0.1, 0.15) is 11.8 Å². The van der Waals surface area contributed by atoms with Gasteiger partial charge >= 0.3 is 5.97 Å². The number of aliphatic hydroxyl groups excluding tert-OH is 1. The number of allylic oxidation sites excluding steroid dienone is 1. The van der Waals surface area contributed by atoms with Crippen LogP contribution in [-0.2, 0) is 19.1 Å². The molecular weight excluding hydrogens is 504 g/mol. The maximum Gasteiger partial charge on any atom is 0.310 e. The lowest BCUT2D eigenvalue weighted by Crippen LogP contribution is -2.55. The van der Waals surface area contributed by atoms with E-state index in [0.29, 0.717) is 50.3 Å². The van der Waals surface area contributed by atoms with Gasteiger partial charge in [0.15, 0.2) is 0 Å². The van der Waals surface area contributed by atoms with Crippen molar-refractivity contribution in [3.63, 3.8) is 0 Å². The Hall–Kier alpha value is -2.78. The van der Waals surface area contributed by atoms with E-state index < -0.39 is 22.6 Å². The van der Waals surface area contributed by atoms with Crippen molar-refractivity contribution < 1.29 is 29.0 Å². The number of carbonyl (C=O) groups excluding carboxylic acids is 3. The number of nitrogens with zero attached hydrogens (tertiary/aromatic N) is 2. The summed E-state index contributed by atoms with van der Waals surface area (Å²) in [6.07, 6.45) is 7.46. The molecule has 206 valence electrons. The smallest absolute Gasteiger partial charge is 0.310 e. The minimum absolute atomic E-state index is 0.0140. The molecule has 9 heteroatoms. The molecule has 2 unspecified atom stereocenters. The van der Waals surface area contributed by atoms with Gasteiger partial charge in [0.05, 0.1) is 30.3 Å². The predicted octanol–water partition coefficient (Wildman–Crippen LogP) is 3.59. The second-order valence-corrected chi connectivity index (χ2v) is 11.7. The molecule has 1 N–H and O–H groups in total. The topological polar surface area (TPSA) is 96.4 Å². The summed E-state index contributed by atoms with van der Waals surface area (Å²) in [7, 11) is 1.59. The molecule has 2 amide bonds. The fraction of sp³-hybridized carbons (Fsp3) is 0.552. The number of amides is 2. The van der Waals surface area contributed by atoms with Crippen molar-refractivity contribution in [3.8, 4) is 5.75 Å². The summed E-state index contributed by atoms with van der Waals surface area (Å²) in [5.41, 5.74) is 0.689. The second-order valence-electron chi connectivity index (χ2n) is 10.1. The third-order valence-corrected chi connectivity index (χ3v) is 9.82. The van der Waals surface area contributed by atoms with E-state index in [1.54, 1.807) is 53.0 Å². The predicted molar refractivity (Wildman–Crippen MR) is 148 cm³/mol. The first-order valence-electron chi connectivity index (χ1n) is 13.4. The molecule has 3 aliphatic rings. The molecule has 0 aromatic heterocycles. The lowest BCUT2D eigenvalue weighted by Gasteiger charge is -2.37. The first kappa shape index (κ1) is 28.2. The van der Waals surface area contributed by atoms with Crippen LogP contribution in [0.4, 0.5) is 5.69 Å². The second kappa shape index (κ2) is 12.4. The summed E-state index contributed by atoms with van der Waals surface area (Å²) in [5, 5.41) is 9.32. The third-order valence-electron chi connectivity index (χ3n) is 7.87. The number of methoxy groups -OCH3 is 1. The van der Waals surface area contributed by atoms with E-state index >= 15 is 0 Å². The monoisotopic (exact) mass is 542 g/mol. The molecule has 38 heavy (non-hydrogen) atoms. The van der Waals surface area contributed by atoms with Crippen LogP contribution in [0.25, 0.3) is 0 Å². The number of fused-ring (bicyclic) bond motifs is 1. The molecule has 2 bridgehead atoms. The highest BCUT2D eigenvalue weighted by Crippen LogP contribution is 2.66. The molecular formula is C29H38N2O6S. The van der Waals surface area contributed by atoms with Crippen LogP contribution < -0.4 is 9.64 Å². The summed E-state index contributed by atoms with van der Waals surface area (Å²) in [4.78, 5) is 45.0. The van der Waals surface area contributed by atoms with Crippen LogP contribution in [-0.4, -0.2) is 77.2 Å². The van der Waals surface area contributed by atoms with Gasteiger partial charge in [-0.1, -0.05) is 12.2 Å². The molecule has 1 aromatic rings. The number of hydrogen-bond acceptors (Lipinski definition) is 7. The summed E-state index contributed by atoms with van der Waals surface area (Å²) < 4.78 is 10.2. The van der Waals surface area contributed by atoms with Crippen molar-refractivity contribution in [1.29, 1.82) is 0 Å². The average Bonchev–Trinajstić information content (AvgIpc) is 3.57. The minimum atomic E-state index is -0.714. The number of unbranched alkanes of at least 4 members (excludes halogenated alkanes) is 2.